The van der Waals surface area contributed by atoms with Crippen molar-refractivity contribution in [2.75, 3.05) is 0 Å². The van der Waals surface area contributed by atoms with Crippen LogP contribution in [0, 0.1) is 0 Å². The number of hydrogen-bond donors (Lipinski definition) is 1. The molecule has 0 aromatic carbocycles. The van der Waals surface area contributed by atoms with Gasteiger partial charge in [-0.3, -0.25) is 0 Å². The van der Waals surface area contributed by atoms with E-state index in [1.54, 1.807) is 6.08 Å². The van der Waals surface area contributed by atoms with Crippen LogP contribution in [0.1, 0.15) is 20.3 Å². The zero-order chi connectivity index (χ0) is 8.97. The second-order valence-corrected chi connectivity index (χ2v) is 2.87. The van der Waals surface area contributed by atoms with E-state index in [2.05, 4.69) is 6.92 Å². The minimum Gasteiger partial charge on any atom is -0.512 e. The van der Waals surface area contributed by atoms with Gasteiger partial charge in [-0.1, -0.05) is 24.3 Å². The van der Waals surface area contributed by atoms with Gasteiger partial charge in [0.1, 0.15) is 0 Å². The van der Waals surface area contributed by atoms with Gasteiger partial charge in [0.05, 0.1) is 5.76 Å². The van der Waals surface area contributed by atoms with Crippen molar-refractivity contribution in [2.24, 2.45) is 0 Å². The summed E-state index contributed by atoms with van der Waals surface area (Å²) in [6, 6.07) is 0. The van der Waals surface area contributed by atoms with Crippen LogP contribution < -0.4 is 0 Å². The second kappa shape index (κ2) is 3.96. The van der Waals surface area contributed by atoms with Gasteiger partial charge in [-0.15, -0.1) is 0 Å². The molecule has 1 heteroatoms. The van der Waals surface area contributed by atoms with E-state index in [-0.39, 0.29) is 0 Å². The minimum absolute atomic E-state index is 0.425. The van der Waals surface area contributed by atoms with Crippen molar-refractivity contribution in [3.05, 3.63) is 47.3 Å². The number of hydrogen-bond acceptors (Lipinski definition) is 1. The summed E-state index contributed by atoms with van der Waals surface area (Å²) in [5, 5.41) is 9.24. The lowest BCUT2D eigenvalue weighted by atomic mass is 10.1. The fourth-order valence-corrected chi connectivity index (χ4v) is 1.13. The van der Waals surface area contributed by atoms with Gasteiger partial charge in [-0.2, -0.15) is 0 Å². The van der Waals surface area contributed by atoms with E-state index in [9.17, 15) is 5.11 Å². The summed E-state index contributed by atoms with van der Waals surface area (Å²) in [5.41, 5.74) is 2.38. The average Bonchev–Trinajstić information content (AvgIpc) is 2.20. The molecule has 1 nitrogen and oxygen atoms in total. The van der Waals surface area contributed by atoms with Crippen LogP contribution in [-0.4, -0.2) is 5.11 Å². The van der Waals surface area contributed by atoms with Crippen molar-refractivity contribution in [1.29, 1.82) is 0 Å². The molecule has 0 atom stereocenters. The molecule has 64 valence electrons. The quantitative estimate of drug-likeness (QED) is 0.627. The summed E-state index contributed by atoms with van der Waals surface area (Å²) in [4.78, 5) is 0. The first-order chi connectivity index (χ1) is 5.74. The molecule has 0 aromatic rings. The van der Waals surface area contributed by atoms with E-state index >= 15 is 0 Å². The molecule has 0 saturated heterocycles. The molecule has 1 N–H and O–H groups in total. The highest BCUT2D eigenvalue weighted by Gasteiger charge is 1.99. The predicted octanol–water partition coefficient (Wildman–Crippen LogP) is 3.28. The van der Waals surface area contributed by atoms with Gasteiger partial charge in [-0.05, 0) is 31.1 Å². The Hall–Kier alpha value is -1.24. The molecule has 0 aliphatic heterocycles. The van der Waals surface area contributed by atoms with Gasteiger partial charge in [0, 0.05) is 6.42 Å². The molecule has 0 spiro atoms. The van der Waals surface area contributed by atoms with E-state index in [0.29, 0.717) is 12.2 Å². The Bertz CT molecular complexity index is 277. The number of allylic oxidation sites excluding steroid dienone is 7. The Morgan fingerprint density at radius 2 is 2.17 bits per heavy atom. The Labute approximate surface area is 73.4 Å². The lowest BCUT2D eigenvalue weighted by Gasteiger charge is -1.98. The smallest absolute Gasteiger partial charge is 0.0960 e. The van der Waals surface area contributed by atoms with E-state index in [1.807, 2.05) is 31.2 Å². The molecule has 1 rings (SSSR count). The molecule has 0 bridgehead atoms. The van der Waals surface area contributed by atoms with Crippen LogP contribution in [0.2, 0.25) is 0 Å². The lowest BCUT2D eigenvalue weighted by Crippen LogP contribution is -1.78. The minimum atomic E-state index is 0.425. The maximum atomic E-state index is 9.24. The number of aliphatic hydroxyl groups is 1. The van der Waals surface area contributed by atoms with Crippen molar-refractivity contribution in [1.82, 2.24) is 0 Å². The van der Waals surface area contributed by atoms with Gasteiger partial charge in [0.2, 0.25) is 0 Å². The molecule has 0 unspecified atom stereocenters. The van der Waals surface area contributed by atoms with Crippen molar-refractivity contribution in [3.63, 3.8) is 0 Å². The summed E-state index contributed by atoms with van der Waals surface area (Å²) in [5.74, 6) is 0.425. The SMILES string of the molecule is C/C=C\C1=CC=C(O)CC=C1C. The topological polar surface area (TPSA) is 20.2 Å². The van der Waals surface area contributed by atoms with Gasteiger partial charge in [0.15, 0.2) is 0 Å². The van der Waals surface area contributed by atoms with Gasteiger partial charge < -0.3 is 5.11 Å². The molecule has 1 aliphatic carbocycles. The number of aliphatic hydroxyl groups excluding tert-OH is 1. The fourth-order valence-electron chi connectivity index (χ4n) is 1.13. The summed E-state index contributed by atoms with van der Waals surface area (Å²) >= 11 is 0. The van der Waals surface area contributed by atoms with Crippen LogP contribution in [-0.2, 0) is 0 Å². The first-order valence-corrected chi connectivity index (χ1v) is 4.13. The second-order valence-electron chi connectivity index (χ2n) is 2.87. The van der Waals surface area contributed by atoms with Crippen LogP contribution in [0.5, 0.6) is 0 Å². The zero-order valence-electron chi connectivity index (χ0n) is 7.54. The molecule has 0 radical (unpaired) electrons. The molecule has 12 heavy (non-hydrogen) atoms. The molecular weight excluding hydrogens is 148 g/mol. The van der Waals surface area contributed by atoms with Gasteiger partial charge in [0.25, 0.3) is 0 Å². The van der Waals surface area contributed by atoms with E-state index in [0.717, 1.165) is 0 Å². The first kappa shape index (κ1) is 8.85. The standard InChI is InChI=1S/C11H14O/c1-3-4-10-6-8-11(12)7-5-9(10)2/h3-6,8,12H,7H2,1-2H3/b4-3-. The van der Waals surface area contributed by atoms with Crippen LogP contribution >= 0.6 is 0 Å². The Balaban J connectivity index is 2.95. The summed E-state index contributed by atoms with van der Waals surface area (Å²) < 4.78 is 0. The highest BCUT2D eigenvalue weighted by Crippen LogP contribution is 2.17. The summed E-state index contributed by atoms with van der Waals surface area (Å²) in [7, 11) is 0. The monoisotopic (exact) mass is 162 g/mol. The van der Waals surface area contributed by atoms with Crippen molar-refractivity contribution < 1.29 is 5.11 Å². The molecule has 1 aliphatic rings. The third-order valence-corrected chi connectivity index (χ3v) is 1.87. The summed E-state index contributed by atoms with van der Waals surface area (Å²) in [6.07, 6.45) is 10.4. The van der Waals surface area contributed by atoms with Crippen molar-refractivity contribution in [3.8, 4) is 0 Å². The maximum Gasteiger partial charge on any atom is 0.0960 e. The molecule has 0 saturated carbocycles. The Kier molecular flexibility index (Phi) is 2.92. The van der Waals surface area contributed by atoms with E-state index in [1.165, 1.54) is 11.1 Å². The maximum absolute atomic E-state index is 9.24. The van der Waals surface area contributed by atoms with Gasteiger partial charge in [-0.25, -0.2) is 0 Å². The van der Waals surface area contributed by atoms with Gasteiger partial charge >= 0.3 is 0 Å². The summed E-state index contributed by atoms with van der Waals surface area (Å²) in [6.45, 7) is 4.04. The Morgan fingerprint density at radius 1 is 1.42 bits per heavy atom. The highest BCUT2D eigenvalue weighted by molar-refractivity contribution is 5.43. The van der Waals surface area contributed by atoms with E-state index < -0.39 is 0 Å². The van der Waals surface area contributed by atoms with Crippen molar-refractivity contribution in [2.45, 2.75) is 20.3 Å². The third kappa shape index (κ3) is 2.12. The normalized spacial score (nSPS) is 18.3. The molecule has 0 heterocycles. The molecule has 0 fully saturated rings. The molecule has 0 aromatic heterocycles. The predicted molar refractivity (Wildman–Crippen MR) is 52.0 cm³/mol. The van der Waals surface area contributed by atoms with Crippen LogP contribution in [0.3, 0.4) is 0 Å². The average molecular weight is 162 g/mol. The zero-order valence-corrected chi connectivity index (χ0v) is 7.54. The van der Waals surface area contributed by atoms with Crippen molar-refractivity contribution >= 4 is 0 Å². The molecular formula is C11H14O. The highest BCUT2D eigenvalue weighted by atomic mass is 16.3. The lowest BCUT2D eigenvalue weighted by molar-refractivity contribution is 0.401. The fraction of sp³-hybridized carbons (Fsp3) is 0.273. The number of rotatable bonds is 1. The largest absolute Gasteiger partial charge is 0.512 e. The van der Waals surface area contributed by atoms with Crippen LogP contribution in [0.4, 0.5) is 0 Å². The van der Waals surface area contributed by atoms with Crippen LogP contribution in [0.15, 0.2) is 47.3 Å². The Morgan fingerprint density at radius 3 is 2.83 bits per heavy atom. The van der Waals surface area contributed by atoms with E-state index in [4.69, 9.17) is 0 Å². The first-order valence-electron chi connectivity index (χ1n) is 4.13. The van der Waals surface area contributed by atoms with Crippen LogP contribution in [0.25, 0.3) is 0 Å². The molecule has 0 amide bonds. The third-order valence-electron chi connectivity index (χ3n) is 1.87.